The van der Waals surface area contributed by atoms with E-state index < -0.39 is 53.9 Å². The minimum atomic E-state index is -1.17. The number of carbonyl (C=O) groups is 3. The van der Waals surface area contributed by atoms with Crippen molar-refractivity contribution in [1.82, 2.24) is 9.80 Å². The molecule has 0 bridgehead atoms. The second kappa shape index (κ2) is 11.8. The van der Waals surface area contributed by atoms with Crippen LogP contribution in [0.15, 0.2) is 60.7 Å². The van der Waals surface area contributed by atoms with Gasteiger partial charge in [-0.2, -0.15) is 0 Å². The fourth-order valence-electron chi connectivity index (χ4n) is 4.11. The van der Waals surface area contributed by atoms with Crippen molar-refractivity contribution in [3.05, 3.63) is 83.4 Å². The van der Waals surface area contributed by atoms with Crippen LogP contribution in [0, 0.1) is 11.6 Å². The van der Waals surface area contributed by atoms with Gasteiger partial charge in [-0.25, -0.2) is 8.78 Å². The molecule has 0 unspecified atom stereocenters. The number of ether oxygens (including phenoxy) is 1. The van der Waals surface area contributed by atoms with E-state index in [4.69, 9.17) is 10.5 Å². The van der Waals surface area contributed by atoms with E-state index in [0.717, 1.165) is 22.6 Å². The first-order valence-corrected chi connectivity index (χ1v) is 11.3. The smallest absolute Gasteiger partial charge is 0.247 e. The average Bonchev–Trinajstić information content (AvgIpc) is 2.96. The largest absolute Gasteiger partial charge is 0.383 e. The molecule has 7 nitrogen and oxygen atoms in total. The van der Waals surface area contributed by atoms with Gasteiger partial charge in [0.25, 0.3) is 0 Å². The molecule has 35 heavy (non-hydrogen) atoms. The van der Waals surface area contributed by atoms with Gasteiger partial charge < -0.3 is 15.4 Å². The van der Waals surface area contributed by atoms with E-state index in [1.807, 2.05) is 36.4 Å². The molecule has 2 aromatic rings. The average molecular weight is 486 g/mol. The van der Waals surface area contributed by atoms with Crippen LogP contribution in [-0.4, -0.2) is 59.9 Å². The number of halogens is 2. The van der Waals surface area contributed by atoms with Gasteiger partial charge in [-0.15, -0.1) is 0 Å². The van der Waals surface area contributed by atoms with Crippen molar-refractivity contribution in [2.75, 3.05) is 20.3 Å². The standard InChI is InChI=1S/C26H29F2N3O4/c1-17(29)25(33)31(24(32)15-18-13-20(27)16-21(28)14-18)23-10-6-9-22(19-7-4-3-5-8-19)30(26(23)34)11-12-35-2/h3-9,13-14,16-17,22-23H,10-12,15,29H2,1-2H3/t17-,22+,23-/m0/s1. The van der Waals surface area contributed by atoms with Gasteiger partial charge in [0.1, 0.15) is 17.7 Å². The van der Waals surface area contributed by atoms with E-state index in [9.17, 15) is 23.2 Å². The number of hydrogen-bond acceptors (Lipinski definition) is 5. The summed E-state index contributed by atoms with van der Waals surface area (Å²) in [6.45, 7) is 1.88. The molecule has 1 aliphatic rings. The predicted octanol–water partition coefficient (Wildman–Crippen LogP) is 2.75. The van der Waals surface area contributed by atoms with Crippen molar-refractivity contribution in [3.63, 3.8) is 0 Å². The highest BCUT2D eigenvalue weighted by molar-refractivity contribution is 6.03. The predicted molar refractivity (Wildman–Crippen MR) is 126 cm³/mol. The van der Waals surface area contributed by atoms with Crippen molar-refractivity contribution >= 4 is 17.7 Å². The number of imide groups is 1. The first kappa shape index (κ1) is 26.2. The number of rotatable bonds is 8. The Morgan fingerprint density at radius 1 is 1.17 bits per heavy atom. The van der Waals surface area contributed by atoms with Crippen molar-refractivity contribution < 1.29 is 27.9 Å². The molecule has 0 aliphatic carbocycles. The molecule has 1 aliphatic heterocycles. The Hall–Kier alpha value is -3.43. The first-order chi connectivity index (χ1) is 16.7. The maximum absolute atomic E-state index is 13.8. The fourth-order valence-corrected chi connectivity index (χ4v) is 4.11. The molecule has 0 spiro atoms. The van der Waals surface area contributed by atoms with Crippen molar-refractivity contribution in [3.8, 4) is 0 Å². The second-order valence-corrected chi connectivity index (χ2v) is 8.40. The van der Waals surface area contributed by atoms with Crippen LogP contribution in [0.4, 0.5) is 8.78 Å². The van der Waals surface area contributed by atoms with E-state index in [-0.39, 0.29) is 25.1 Å². The summed E-state index contributed by atoms with van der Waals surface area (Å²) in [4.78, 5) is 42.5. The third-order valence-electron chi connectivity index (χ3n) is 5.74. The number of amides is 3. The molecule has 0 radical (unpaired) electrons. The zero-order valence-corrected chi connectivity index (χ0v) is 19.7. The Morgan fingerprint density at radius 2 is 1.83 bits per heavy atom. The van der Waals surface area contributed by atoms with Gasteiger partial charge >= 0.3 is 0 Å². The van der Waals surface area contributed by atoms with E-state index in [1.165, 1.54) is 14.0 Å². The molecule has 0 fully saturated rings. The highest BCUT2D eigenvalue weighted by atomic mass is 19.1. The molecular formula is C26H29F2N3O4. The molecule has 0 saturated carbocycles. The minimum Gasteiger partial charge on any atom is -0.383 e. The number of benzene rings is 2. The lowest BCUT2D eigenvalue weighted by Gasteiger charge is -2.35. The Morgan fingerprint density at radius 3 is 2.43 bits per heavy atom. The second-order valence-electron chi connectivity index (χ2n) is 8.40. The van der Waals surface area contributed by atoms with Gasteiger partial charge in [0, 0.05) is 19.7 Å². The summed E-state index contributed by atoms with van der Waals surface area (Å²) in [6, 6.07) is 9.41. The summed E-state index contributed by atoms with van der Waals surface area (Å²) < 4.78 is 32.5. The Bertz CT molecular complexity index is 1070. The lowest BCUT2D eigenvalue weighted by molar-refractivity contribution is -0.156. The van der Waals surface area contributed by atoms with Gasteiger partial charge in [-0.3, -0.25) is 19.3 Å². The Kier molecular flexibility index (Phi) is 8.84. The third kappa shape index (κ3) is 6.37. The maximum Gasteiger partial charge on any atom is 0.247 e. The normalized spacial score (nSPS) is 18.8. The van der Waals surface area contributed by atoms with Crippen LogP contribution in [0.25, 0.3) is 0 Å². The Balaban J connectivity index is 1.97. The summed E-state index contributed by atoms with van der Waals surface area (Å²) in [6.07, 6.45) is 3.21. The van der Waals surface area contributed by atoms with Crippen molar-refractivity contribution in [2.45, 2.75) is 37.9 Å². The summed E-state index contributed by atoms with van der Waals surface area (Å²) in [5.41, 5.74) is 6.72. The summed E-state index contributed by atoms with van der Waals surface area (Å²) in [7, 11) is 1.51. The van der Waals surface area contributed by atoms with Gasteiger partial charge in [0.05, 0.1) is 25.1 Å². The zero-order valence-electron chi connectivity index (χ0n) is 19.7. The topological polar surface area (TPSA) is 92.9 Å². The van der Waals surface area contributed by atoms with Crippen LogP contribution >= 0.6 is 0 Å². The van der Waals surface area contributed by atoms with E-state index in [1.54, 1.807) is 11.0 Å². The summed E-state index contributed by atoms with van der Waals surface area (Å²) in [5, 5.41) is 0. The lowest BCUT2D eigenvalue weighted by Crippen LogP contribution is -2.57. The zero-order chi connectivity index (χ0) is 25.5. The third-order valence-corrected chi connectivity index (χ3v) is 5.74. The lowest BCUT2D eigenvalue weighted by atomic mass is 10.0. The van der Waals surface area contributed by atoms with Gasteiger partial charge in [0.2, 0.25) is 17.7 Å². The van der Waals surface area contributed by atoms with Crippen LogP contribution in [0.2, 0.25) is 0 Å². The molecule has 1 heterocycles. The monoisotopic (exact) mass is 485 g/mol. The van der Waals surface area contributed by atoms with Crippen LogP contribution in [0.3, 0.4) is 0 Å². The SMILES string of the molecule is COCCN1C(=O)[C@@H](N(C(=O)Cc2cc(F)cc(F)c2)C(=O)[C@H](C)N)CC=C[C@@H]1c1ccccc1. The maximum atomic E-state index is 13.8. The minimum absolute atomic E-state index is 0.0463. The molecule has 3 atom stereocenters. The fraction of sp³-hybridized carbons (Fsp3) is 0.346. The highest BCUT2D eigenvalue weighted by Gasteiger charge is 2.40. The first-order valence-electron chi connectivity index (χ1n) is 11.3. The summed E-state index contributed by atoms with van der Waals surface area (Å²) >= 11 is 0. The van der Waals surface area contributed by atoms with Gasteiger partial charge in [-0.05, 0) is 36.6 Å². The van der Waals surface area contributed by atoms with Crippen molar-refractivity contribution in [2.24, 2.45) is 5.73 Å². The molecule has 2 aromatic carbocycles. The quantitative estimate of drug-likeness (QED) is 0.581. The number of carbonyl (C=O) groups excluding carboxylic acids is 3. The van der Waals surface area contributed by atoms with Crippen molar-refractivity contribution in [1.29, 1.82) is 0 Å². The van der Waals surface area contributed by atoms with Crippen LogP contribution in [0.5, 0.6) is 0 Å². The molecule has 2 N–H and O–H groups in total. The Labute approximate surface area is 203 Å². The molecule has 9 heteroatoms. The molecule has 0 saturated heterocycles. The summed E-state index contributed by atoms with van der Waals surface area (Å²) in [5.74, 6) is -3.66. The number of nitrogens with two attached hydrogens (primary N) is 1. The molecule has 3 amide bonds. The molecule has 3 rings (SSSR count). The van der Waals surface area contributed by atoms with Crippen LogP contribution in [-0.2, 0) is 25.5 Å². The van der Waals surface area contributed by atoms with Gasteiger partial charge in [0.15, 0.2) is 0 Å². The van der Waals surface area contributed by atoms with Crippen LogP contribution < -0.4 is 5.73 Å². The van der Waals surface area contributed by atoms with E-state index in [0.29, 0.717) is 6.07 Å². The molecule has 0 aromatic heterocycles. The number of hydrogen-bond donors (Lipinski definition) is 1. The highest BCUT2D eigenvalue weighted by Crippen LogP contribution is 2.28. The van der Waals surface area contributed by atoms with Crippen LogP contribution in [0.1, 0.15) is 30.5 Å². The number of nitrogens with zero attached hydrogens (tertiary/aromatic N) is 2. The molecule has 186 valence electrons. The van der Waals surface area contributed by atoms with Gasteiger partial charge in [-0.1, -0.05) is 42.5 Å². The number of methoxy groups -OCH3 is 1. The van der Waals surface area contributed by atoms with E-state index >= 15 is 0 Å². The molecular weight excluding hydrogens is 456 g/mol. The van der Waals surface area contributed by atoms with E-state index in [2.05, 4.69) is 0 Å².